The van der Waals surface area contributed by atoms with E-state index >= 15 is 0 Å². The number of nitrogens with two attached hydrogens (primary N) is 1. The van der Waals surface area contributed by atoms with Crippen molar-refractivity contribution < 1.29 is 4.52 Å². The molecule has 102 valence electrons. The Hall–Kier alpha value is -1.14. The smallest absolute Gasteiger partial charge is 0.266 e. The summed E-state index contributed by atoms with van der Waals surface area (Å²) in [5, 5.41) is 4.04. The van der Waals surface area contributed by atoms with Crippen molar-refractivity contribution in [1.82, 2.24) is 15.0 Å². The van der Waals surface area contributed by atoms with Crippen molar-refractivity contribution >= 4 is 5.95 Å². The van der Waals surface area contributed by atoms with Crippen LogP contribution in [0.2, 0.25) is 0 Å². The Morgan fingerprint density at radius 1 is 1.22 bits per heavy atom. The first-order chi connectivity index (χ1) is 8.38. The number of aromatic nitrogens is 2. The highest BCUT2D eigenvalue weighted by molar-refractivity contribution is 5.29. The van der Waals surface area contributed by atoms with Crippen LogP contribution in [0.4, 0.5) is 5.95 Å². The molecule has 0 amide bonds. The molecule has 1 atom stereocenters. The second-order valence-corrected chi connectivity index (χ2v) is 6.07. The third-order valence-electron chi connectivity index (χ3n) is 3.42. The van der Waals surface area contributed by atoms with Gasteiger partial charge in [0.1, 0.15) is 0 Å². The van der Waals surface area contributed by atoms with Crippen molar-refractivity contribution in [3.8, 4) is 0 Å². The minimum absolute atomic E-state index is 0.0775. The number of anilines is 1. The predicted octanol–water partition coefficient (Wildman–Crippen LogP) is 0.867. The van der Waals surface area contributed by atoms with E-state index in [-0.39, 0.29) is 11.5 Å². The zero-order valence-corrected chi connectivity index (χ0v) is 11.7. The summed E-state index contributed by atoms with van der Waals surface area (Å²) >= 11 is 0. The first-order valence-corrected chi connectivity index (χ1v) is 6.40. The van der Waals surface area contributed by atoms with E-state index in [1.54, 1.807) is 0 Å². The molecule has 0 bridgehead atoms. The minimum Gasteiger partial charge on any atom is -0.336 e. The van der Waals surface area contributed by atoms with Crippen LogP contribution in [0.15, 0.2) is 4.52 Å². The van der Waals surface area contributed by atoms with Crippen LogP contribution in [0.1, 0.15) is 32.7 Å². The van der Waals surface area contributed by atoms with Gasteiger partial charge in [0.25, 0.3) is 5.95 Å². The van der Waals surface area contributed by atoms with Gasteiger partial charge in [-0.25, -0.2) is 0 Å². The highest BCUT2D eigenvalue weighted by Crippen LogP contribution is 2.30. The van der Waals surface area contributed by atoms with Crippen LogP contribution in [-0.2, 0) is 0 Å². The Labute approximate surface area is 108 Å². The number of nitrogens with zero attached hydrogens (tertiary/aromatic N) is 4. The van der Waals surface area contributed by atoms with Gasteiger partial charge in [0.2, 0.25) is 5.89 Å². The van der Waals surface area contributed by atoms with Gasteiger partial charge < -0.3 is 20.1 Å². The molecular weight excluding hydrogens is 230 g/mol. The summed E-state index contributed by atoms with van der Waals surface area (Å²) in [7, 11) is 2.12. The molecule has 1 fully saturated rings. The normalized spacial score (nSPS) is 20.2. The maximum atomic E-state index is 6.11. The van der Waals surface area contributed by atoms with Gasteiger partial charge in [0.05, 0.1) is 6.04 Å². The number of hydrogen-bond acceptors (Lipinski definition) is 6. The van der Waals surface area contributed by atoms with E-state index in [4.69, 9.17) is 10.3 Å². The van der Waals surface area contributed by atoms with Crippen LogP contribution in [-0.4, -0.2) is 48.3 Å². The Morgan fingerprint density at radius 2 is 1.83 bits per heavy atom. The van der Waals surface area contributed by atoms with Crippen molar-refractivity contribution in [2.24, 2.45) is 11.1 Å². The predicted molar refractivity (Wildman–Crippen MR) is 70.4 cm³/mol. The van der Waals surface area contributed by atoms with Gasteiger partial charge in [0, 0.05) is 26.2 Å². The lowest BCUT2D eigenvalue weighted by atomic mass is 9.87. The summed E-state index contributed by atoms with van der Waals surface area (Å²) < 4.78 is 5.29. The number of piperazine rings is 1. The van der Waals surface area contributed by atoms with Crippen LogP contribution < -0.4 is 10.6 Å². The fourth-order valence-electron chi connectivity index (χ4n) is 1.86. The van der Waals surface area contributed by atoms with Gasteiger partial charge in [-0.05, 0) is 17.6 Å². The maximum Gasteiger partial charge on any atom is 0.266 e. The quantitative estimate of drug-likeness (QED) is 0.843. The van der Waals surface area contributed by atoms with E-state index in [1.807, 2.05) is 0 Å². The highest BCUT2D eigenvalue weighted by atomic mass is 16.5. The maximum absolute atomic E-state index is 6.11. The molecule has 2 heterocycles. The molecule has 0 unspecified atom stereocenters. The lowest BCUT2D eigenvalue weighted by molar-refractivity contribution is 0.252. The van der Waals surface area contributed by atoms with E-state index in [2.05, 4.69) is 47.8 Å². The summed E-state index contributed by atoms with van der Waals surface area (Å²) in [4.78, 5) is 8.86. The molecule has 6 nitrogen and oxygen atoms in total. The number of rotatable bonds is 2. The molecule has 1 aromatic rings. The number of hydrogen-bond donors (Lipinski definition) is 1. The van der Waals surface area contributed by atoms with Gasteiger partial charge in [-0.3, -0.25) is 0 Å². The number of likely N-dealkylation sites (N-methyl/N-ethyl adjacent to an activating group) is 1. The van der Waals surface area contributed by atoms with Crippen molar-refractivity contribution in [1.29, 1.82) is 0 Å². The minimum atomic E-state index is -0.230. The van der Waals surface area contributed by atoms with Crippen molar-refractivity contribution in [2.45, 2.75) is 26.8 Å². The molecule has 18 heavy (non-hydrogen) atoms. The molecule has 0 spiro atoms. The lowest BCUT2D eigenvalue weighted by Gasteiger charge is -2.31. The molecule has 2 rings (SSSR count). The van der Waals surface area contributed by atoms with Crippen molar-refractivity contribution in [2.75, 3.05) is 38.1 Å². The van der Waals surface area contributed by atoms with E-state index in [9.17, 15) is 0 Å². The molecule has 6 heteroatoms. The molecule has 1 aliphatic heterocycles. The highest BCUT2D eigenvalue weighted by Gasteiger charge is 2.28. The van der Waals surface area contributed by atoms with Crippen LogP contribution in [0, 0.1) is 5.41 Å². The van der Waals surface area contributed by atoms with Crippen molar-refractivity contribution in [3.05, 3.63) is 5.89 Å². The van der Waals surface area contributed by atoms with Gasteiger partial charge in [-0.15, -0.1) is 0 Å². The van der Waals surface area contributed by atoms with Gasteiger partial charge in [-0.1, -0.05) is 20.8 Å². The van der Waals surface area contributed by atoms with Crippen LogP contribution in [0.3, 0.4) is 0 Å². The standard InChI is InChI=1S/C12H23N5O/c1-12(2,3)9(13)10-14-11(15-18-10)17-7-5-16(4)6-8-17/h9H,5-8,13H2,1-4H3/t9-/m0/s1. The van der Waals surface area contributed by atoms with E-state index in [1.165, 1.54) is 0 Å². The molecule has 1 aliphatic rings. The fourth-order valence-corrected chi connectivity index (χ4v) is 1.86. The second kappa shape index (κ2) is 4.85. The molecule has 0 radical (unpaired) electrons. The van der Waals surface area contributed by atoms with Gasteiger partial charge in [0.15, 0.2) is 0 Å². The summed E-state index contributed by atoms with van der Waals surface area (Å²) in [6.45, 7) is 10.1. The largest absolute Gasteiger partial charge is 0.336 e. The molecule has 1 saturated heterocycles. The Morgan fingerprint density at radius 3 is 2.39 bits per heavy atom. The molecule has 1 aromatic heterocycles. The zero-order valence-electron chi connectivity index (χ0n) is 11.7. The van der Waals surface area contributed by atoms with E-state index in [0.29, 0.717) is 11.8 Å². The molecule has 0 aliphatic carbocycles. The second-order valence-electron chi connectivity index (χ2n) is 6.07. The monoisotopic (exact) mass is 253 g/mol. The van der Waals surface area contributed by atoms with Crippen LogP contribution in [0.25, 0.3) is 0 Å². The van der Waals surface area contributed by atoms with Crippen molar-refractivity contribution in [3.63, 3.8) is 0 Å². The topological polar surface area (TPSA) is 71.4 Å². The molecular formula is C12H23N5O. The first-order valence-electron chi connectivity index (χ1n) is 6.40. The van der Waals surface area contributed by atoms with Gasteiger partial charge in [-0.2, -0.15) is 4.98 Å². The SMILES string of the molecule is CN1CCN(c2noc([C@H](N)C(C)(C)C)n2)CC1. The molecule has 0 saturated carbocycles. The molecule has 2 N–H and O–H groups in total. The third-order valence-corrected chi connectivity index (χ3v) is 3.42. The van der Waals surface area contributed by atoms with Crippen LogP contribution >= 0.6 is 0 Å². The average molecular weight is 253 g/mol. The van der Waals surface area contributed by atoms with E-state index in [0.717, 1.165) is 26.2 Å². The summed E-state index contributed by atoms with van der Waals surface area (Å²) in [5.74, 6) is 1.19. The molecule has 0 aromatic carbocycles. The third kappa shape index (κ3) is 2.81. The average Bonchev–Trinajstić information content (AvgIpc) is 2.77. The Balaban J connectivity index is 2.06. The van der Waals surface area contributed by atoms with Gasteiger partial charge >= 0.3 is 0 Å². The lowest BCUT2D eigenvalue weighted by Crippen LogP contribution is -2.45. The summed E-state index contributed by atoms with van der Waals surface area (Å²) in [6, 6.07) is -0.230. The zero-order chi connectivity index (χ0) is 13.3. The summed E-state index contributed by atoms with van der Waals surface area (Å²) in [5.41, 5.74) is 6.04. The summed E-state index contributed by atoms with van der Waals surface area (Å²) in [6.07, 6.45) is 0. The fraction of sp³-hybridized carbons (Fsp3) is 0.833. The Kier molecular flexibility index (Phi) is 3.59. The van der Waals surface area contributed by atoms with Crippen LogP contribution in [0.5, 0.6) is 0 Å². The first kappa shape index (κ1) is 13.3. The Bertz CT molecular complexity index is 389. The van der Waals surface area contributed by atoms with E-state index < -0.39 is 0 Å².